The first kappa shape index (κ1) is 25.9. The number of nitrogens with one attached hydrogen (secondary N) is 1. The summed E-state index contributed by atoms with van der Waals surface area (Å²) in [6.07, 6.45) is 1.24. The molecule has 3 amide bonds. The summed E-state index contributed by atoms with van der Waals surface area (Å²) in [4.78, 5) is 44.9. The van der Waals surface area contributed by atoms with Crippen LogP contribution >= 0.6 is 0 Å². The van der Waals surface area contributed by atoms with E-state index >= 15 is 0 Å². The van der Waals surface area contributed by atoms with Crippen molar-refractivity contribution in [2.45, 2.75) is 24.9 Å². The van der Waals surface area contributed by atoms with Crippen LogP contribution in [0.5, 0.6) is 5.75 Å². The predicted octanol–water partition coefficient (Wildman–Crippen LogP) is 0.222. The second-order valence-electron chi connectivity index (χ2n) is 8.53. The van der Waals surface area contributed by atoms with Crippen LogP contribution in [0.3, 0.4) is 0 Å². The van der Waals surface area contributed by atoms with E-state index < -0.39 is 6.04 Å². The largest absolute Gasteiger partial charge is 0.497 e. The van der Waals surface area contributed by atoms with Crippen LogP contribution in [-0.4, -0.2) is 118 Å². The molecule has 188 valence electrons. The first-order chi connectivity index (χ1) is 16.5. The zero-order chi connectivity index (χ0) is 24.5. The molecular formula is C24H36N4O6. The minimum atomic E-state index is -0.625. The van der Waals surface area contributed by atoms with Crippen molar-refractivity contribution in [2.24, 2.45) is 0 Å². The van der Waals surface area contributed by atoms with Gasteiger partial charge in [-0.1, -0.05) is 0 Å². The second kappa shape index (κ2) is 12.7. The number of hydrogen-bond acceptors (Lipinski definition) is 7. The Labute approximate surface area is 201 Å². The highest BCUT2D eigenvalue weighted by Crippen LogP contribution is 2.26. The van der Waals surface area contributed by atoms with Crippen LogP contribution in [0.2, 0.25) is 0 Å². The Hall–Kier alpha value is -2.69. The molecule has 2 unspecified atom stereocenters. The molecule has 34 heavy (non-hydrogen) atoms. The van der Waals surface area contributed by atoms with Gasteiger partial charge >= 0.3 is 0 Å². The normalized spacial score (nSPS) is 20.7. The van der Waals surface area contributed by atoms with Gasteiger partial charge in [-0.15, -0.1) is 0 Å². The summed E-state index contributed by atoms with van der Waals surface area (Å²) in [7, 11) is 4.61. The predicted molar refractivity (Wildman–Crippen MR) is 126 cm³/mol. The van der Waals surface area contributed by atoms with Gasteiger partial charge in [0.15, 0.2) is 0 Å². The van der Waals surface area contributed by atoms with E-state index in [0.717, 1.165) is 19.5 Å². The van der Waals surface area contributed by atoms with Gasteiger partial charge in [-0.3, -0.25) is 14.4 Å². The molecule has 1 aromatic rings. The van der Waals surface area contributed by atoms with Gasteiger partial charge in [0.1, 0.15) is 18.4 Å². The zero-order valence-corrected chi connectivity index (χ0v) is 20.3. The number of benzene rings is 1. The van der Waals surface area contributed by atoms with E-state index in [0.29, 0.717) is 44.0 Å². The van der Waals surface area contributed by atoms with Gasteiger partial charge in [0.2, 0.25) is 11.8 Å². The van der Waals surface area contributed by atoms with Crippen LogP contribution in [0.1, 0.15) is 23.2 Å². The van der Waals surface area contributed by atoms with E-state index in [4.69, 9.17) is 14.2 Å². The Balaban J connectivity index is 1.83. The fraction of sp³-hybridized carbons (Fsp3) is 0.625. The molecule has 0 aliphatic carbocycles. The van der Waals surface area contributed by atoms with Crippen LogP contribution < -0.4 is 10.1 Å². The van der Waals surface area contributed by atoms with E-state index in [1.807, 2.05) is 4.90 Å². The number of ether oxygens (including phenoxy) is 3. The van der Waals surface area contributed by atoms with Crippen molar-refractivity contribution in [3.05, 3.63) is 29.8 Å². The number of amides is 3. The van der Waals surface area contributed by atoms with E-state index in [1.54, 1.807) is 48.3 Å². The smallest absolute Gasteiger partial charge is 0.254 e. The third kappa shape index (κ3) is 6.25. The van der Waals surface area contributed by atoms with E-state index in [-0.39, 0.29) is 36.9 Å². The summed E-state index contributed by atoms with van der Waals surface area (Å²) in [6.45, 7) is 3.71. The van der Waals surface area contributed by atoms with Gasteiger partial charge in [-0.05, 0) is 43.7 Å². The maximum Gasteiger partial charge on any atom is 0.254 e. The zero-order valence-electron chi connectivity index (χ0n) is 20.3. The third-order valence-electron chi connectivity index (χ3n) is 6.38. The highest BCUT2D eigenvalue weighted by Gasteiger charge is 2.44. The van der Waals surface area contributed by atoms with Gasteiger partial charge in [-0.25, -0.2) is 0 Å². The van der Waals surface area contributed by atoms with Crippen LogP contribution in [0.15, 0.2) is 24.3 Å². The Morgan fingerprint density at radius 3 is 2.50 bits per heavy atom. The minimum Gasteiger partial charge on any atom is -0.497 e. The molecule has 2 atom stereocenters. The van der Waals surface area contributed by atoms with Crippen LogP contribution in [0.25, 0.3) is 0 Å². The minimum absolute atomic E-state index is 0.0701. The summed E-state index contributed by atoms with van der Waals surface area (Å²) in [5, 5.41) is 3.30. The van der Waals surface area contributed by atoms with Gasteiger partial charge in [0.05, 0.1) is 19.8 Å². The fourth-order valence-corrected chi connectivity index (χ4v) is 4.57. The third-order valence-corrected chi connectivity index (χ3v) is 6.38. The monoisotopic (exact) mass is 476 g/mol. The quantitative estimate of drug-likeness (QED) is 0.544. The molecule has 0 saturated carbocycles. The lowest BCUT2D eigenvalue weighted by molar-refractivity contribution is -0.145. The molecule has 2 aliphatic heterocycles. The molecule has 0 bridgehead atoms. The van der Waals surface area contributed by atoms with E-state index in [1.165, 1.54) is 7.11 Å². The maximum atomic E-state index is 13.5. The summed E-state index contributed by atoms with van der Waals surface area (Å²) in [5.74, 6) is 0.171. The fourth-order valence-electron chi connectivity index (χ4n) is 4.57. The number of carbonyl (C=O) groups excluding carboxylic acids is 3. The summed E-state index contributed by atoms with van der Waals surface area (Å²) in [6, 6.07) is 5.98. The number of likely N-dealkylation sites (tertiary alicyclic amines) is 1. The number of rotatable bonds is 9. The first-order valence-electron chi connectivity index (χ1n) is 11.7. The Kier molecular flexibility index (Phi) is 9.67. The second-order valence-corrected chi connectivity index (χ2v) is 8.53. The number of hydrogen-bond donors (Lipinski definition) is 1. The first-order valence-corrected chi connectivity index (χ1v) is 11.7. The van der Waals surface area contributed by atoms with Crippen molar-refractivity contribution >= 4 is 17.7 Å². The summed E-state index contributed by atoms with van der Waals surface area (Å²) in [5.41, 5.74) is 0.514. The molecule has 0 spiro atoms. The summed E-state index contributed by atoms with van der Waals surface area (Å²) >= 11 is 0. The lowest BCUT2D eigenvalue weighted by atomic mass is 10.1. The molecule has 1 N–H and O–H groups in total. The van der Waals surface area contributed by atoms with Crippen molar-refractivity contribution in [3.8, 4) is 5.75 Å². The average Bonchev–Trinajstić information content (AvgIpc) is 3.11. The Bertz CT molecular complexity index is 825. The maximum absolute atomic E-state index is 13.5. The number of carbonyl (C=O) groups is 3. The molecule has 10 nitrogen and oxygen atoms in total. The standard InChI is InChI=1S/C24H36N4O6/c1-32-14-13-27(23(30)18-5-7-20(34-3)8-6-18)19-15-21(28(16-19)22(29)17-33-2)24(31)26-11-4-9-25-10-12-26/h5-8,19,21,25H,4,9-17H2,1-3H3. The molecule has 3 rings (SSSR count). The molecule has 2 heterocycles. The topological polar surface area (TPSA) is 101 Å². The molecule has 0 aromatic heterocycles. The van der Waals surface area contributed by atoms with E-state index in [2.05, 4.69) is 5.32 Å². The van der Waals surface area contributed by atoms with Crippen LogP contribution in [0, 0.1) is 0 Å². The Morgan fingerprint density at radius 2 is 1.82 bits per heavy atom. The molecular weight excluding hydrogens is 440 g/mol. The van der Waals surface area contributed by atoms with Gasteiger partial charge in [-0.2, -0.15) is 0 Å². The van der Waals surface area contributed by atoms with Crippen molar-refractivity contribution < 1.29 is 28.6 Å². The molecule has 10 heteroatoms. The molecule has 0 radical (unpaired) electrons. The highest BCUT2D eigenvalue weighted by atomic mass is 16.5. The SMILES string of the molecule is COCCN(C(=O)c1ccc(OC)cc1)C1CC(C(=O)N2CCCNCC2)N(C(=O)COC)C1. The van der Waals surface area contributed by atoms with Crippen molar-refractivity contribution in [2.75, 3.05) is 73.8 Å². The molecule has 2 saturated heterocycles. The van der Waals surface area contributed by atoms with Crippen molar-refractivity contribution in [1.82, 2.24) is 20.0 Å². The van der Waals surface area contributed by atoms with Crippen molar-refractivity contribution in [3.63, 3.8) is 0 Å². The van der Waals surface area contributed by atoms with Gasteiger partial charge < -0.3 is 34.2 Å². The highest BCUT2D eigenvalue weighted by molar-refractivity contribution is 5.95. The van der Waals surface area contributed by atoms with Crippen LogP contribution in [0.4, 0.5) is 0 Å². The van der Waals surface area contributed by atoms with E-state index in [9.17, 15) is 14.4 Å². The van der Waals surface area contributed by atoms with Gasteiger partial charge in [0.25, 0.3) is 5.91 Å². The summed E-state index contributed by atoms with van der Waals surface area (Å²) < 4.78 is 15.5. The lowest BCUT2D eigenvalue weighted by Crippen LogP contribution is -2.49. The number of nitrogens with zero attached hydrogens (tertiary/aromatic N) is 3. The Morgan fingerprint density at radius 1 is 1.06 bits per heavy atom. The van der Waals surface area contributed by atoms with Crippen LogP contribution in [-0.2, 0) is 19.1 Å². The van der Waals surface area contributed by atoms with Gasteiger partial charge in [0, 0.05) is 52.5 Å². The molecule has 2 aliphatic rings. The van der Waals surface area contributed by atoms with Crippen molar-refractivity contribution in [1.29, 1.82) is 0 Å². The molecule has 2 fully saturated rings. The lowest BCUT2D eigenvalue weighted by Gasteiger charge is -2.29. The average molecular weight is 477 g/mol. The molecule has 1 aromatic carbocycles. The number of methoxy groups -OCH3 is 3.